The van der Waals surface area contributed by atoms with Gasteiger partial charge in [-0.1, -0.05) is 23.7 Å². The largest absolute Gasteiger partial charge is 0.368 e. The minimum absolute atomic E-state index is 0.185. The number of carbonyl (C=O) groups is 2. The molecule has 0 aliphatic carbocycles. The second-order valence-electron chi connectivity index (χ2n) is 6.63. The maximum atomic E-state index is 11.9. The Morgan fingerprint density at radius 1 is 1.24 bits per heavy atom. The summed E-state index contributed by atoms with van der Waals surface area (Å²) in [5.41, 5.74) is 7.53. The highest BCUT2D eigenvalue weighted by Gasteiger charge is 2.10. The van der Waals surface area contributed by atoms with Gasteiger partial charge in [-0.05, 0) is 30.7 Å². The van der Waals surface area contributed by atoms with E-state index in [1.54, 1.807) is 12.1 Å². The lowest BCUT2D eigenvalue weighted by Crippen LogP contribution is -2.38. The van der Waals surface area contributed by atoms with Gasteiger partial charge in [0.05, 0.1) is 24.7 Å². The van der Waals surface area contributed by atoms with Crippen molar-refractivity contribution in [2.45, 2.75) is 20.0 Å². The molecule has 8 nitrogen and oxygen atoms in total. The van der Waals surface area contributed by atoms with E-state index in [1.165, 1.54) is 0 Å². The van der Waals surface area contributed by atoms with Crippen LogP contribution in [0.1, 0.15) is 28.5 Å². The minimum atomic E-state index is -0.581. The fraction of sp³-hybridized carbons (Fsp3) is 0.350. The van der Waals surface area contributed by atoms with Crippen LogP contribution in [-0.2, 0) is 24.9 Å². The number of carbonyl (C=O) groups excluding carboxylic acids is 2. The van der Waals surface area contributed by atoms with Gasteiger partial charge in [0.15, 0.2) is 5.96 Å². The molecule has 0 saturated carbocycles. The van der Waals surface area contributed by atoms with Crippen molar-refractivity contribution in [2.75, 3.05) is 20.1 Å². The number of nitrogens with two attached hydrogens (primary N) is 1. The van der Waals surface area contributed by atoms with Crippen molar-refractivity contribution in [2.24, 2.45) is 17.8 Å². The zero-order valence-electron chi connectivity index (χ0n) is 16.9. The summed E-state index contributed by atoms with van der Waals surface area (Å²) in [6, 6.07) is 9.00. The molecule has 0 saturated heterocycles. The number of rotatable bonds is 8. The molecule has 1 aromatic carbocycles. The molecule has 0 fully saturated rings. The van der Waals surface area contributed by atoms with Crippen LogP contribution in [0.15, 0.2) is 41.5 Å². The molecule has 0 unspecified atom stereocenters. The number of aromatic nitrogens is 1. The van der Waals surface area contributed by atoms with Gasteiger partial charge in [-0.15, -0.1) is 0 Å². The molecule has 4 N–H and O–H groups in total. The topological polar surface area (TPSA) is 105 Å². The average Bonchev–Trinajstić information content (AvgIpc) is 3.00. The van der Waals surface area contributed by atoms with Crippen LogP contribution in [-0.4, -0.2) is 47.4 Å². The van der Waals surface area contributed by atoms with Gasteiger partial charge in [-0.2, -0.15) is 0 Å². The smallest absolute Gasteiger partial charge is 0.251 e. The molecule has 156 valence electrons. The van der Waals surface area contributed by atoms with Gasteiger partial charge in [0.1, 0.15) is 0 Å². The van der Waals surface area contributed by atoms with Crippen molar-refractivity contribution in [1.29, 1.82) is 0 Å². The summed E-state index contributed by atoms with van der Waals surface area (Å²) in [7, 11) is 3.93. The number of hydrogen-bond donors (Lipinski definition) is 3. The Morgan fingerprint density at radius 2 is 1.93 bits per heavy atom. The maximum absolute atomic E-state index is 11.9. The monoisotopic (exact) mass is 418 g/mol. The van der Waals surface area contributed by atoms with Crippen molar-refractivity contribution >= 4 is 29.4 Å². The van der Waals surface area contributed by atoms with Gasteiger partial charge < -0.3 is 25.8 Å². The summed E-state index contributed by atoms with van der Waals surface area (Å²) in [5.74, 6) is -0.150. The zero-order chi connectivity index (χ0) is 21.4. The zero-order valence-corrected chi connectivity index (χ0v) is 17.7. The predicted molar refractivity (Wildman–Crippen MR) is 115 cm³/mol. The van der Waals surface area contributed by atoms with E-state index in [0.717, 1.165) is 23.8 Å². The number of amides is 2. The van der Waals surface area contributed by atoms with Crippen LogP contribution >= 0.6 is 11.6 Å². The van der Waals surface area contributed by atoms with Gasteiger partial charge in [-0.3, -0.25) is 9.59 Å². The quantitative estimate of drug-likeness (QED) is 0.446. The van der Waals surface area contributed by atoms with E-state index in [-0.39, 0.29) is 12.5 Å². The van der Waals surface area contributed by atoms with E-state index >= 15 is 0 Å². The Bertz CT molecular complexity index is 876. The lowest BCUT2D eigenvalue weighted by atomic mass is 10.1. The number of guanidine groups is 1. The second kappa shape index (κ2) is 10.5. The van der Waals surface area contributed by atoms with Crippen LogP contribution in [0, 0.1) is 0 Å². The van der Waals surface area contributed by atoms with Gasteiger partial charge in [0, 0.05) is 38.1 Å². The summed E-state index contributed by atoms with van der Waals surface area (Å²) >= 11 is 6.06. The molecular formula is C20H27ClN6O2. The van der Waals surface area contributed by atoms with Crippen molar-refractivity contribution in [3.05, 3.63) is 58.4 Å². The summed E-state index contributed by atoms with van der Waals surface area (Å²) in [6.45, 7) is 3.70. The first-order valence-corrected chi connectivity index (χ1v) is 9.63. The fourth-order valence-corrected chi connectivity index (χ4v) is 2.98. The van der Waals surface area contributed by atoms with Crippen LogP contribution < -0.4 is 16.4 Å². The fourth-order valence-electron chi connectivity index (χ4n) is 2.71. The highest BCUT2D eigenvalue weighted by molar-refractivity contribution is 6.30. The molecule has 0 atom stereocenters. The number of aliphatic imine (C=N–C) groups is 1. The first-order chi connectivity index (χ1) is 13.8. The molecule has 0 aliphatic rings. The number of halogens is 1. The molecule has 0 spiro atoms. The molecule has 0 bridgehead atoms. The van der Waals surface area contributed by atoms with Gasteiger partial charge in [0.25, 0.3) is 5.91 Å². The van der Waals surface area contributed by atoms with Crippen LogP contribution in [0.2, 0.25) is 5.02 Å². The van der Waals surface area contributed by atoms with Crippen LogP contribution in [0.25, 0.3) is 0 Å². The van der Waals surface area contributed by atoms with Crippen LogP contribution in [0.4, 0.5) is 0 Å². The number of nitrogens with one attached hydrogen (secondary N) is 2. The normalized spacial score (nSPS) is 11.2. The molecule has 0 aliphatic heterocycles. The minimum Gasteiger partial charge on any atom is -0.368 e. The Hall–Kier alpha value is -3.00. The molecule has 29 heavy (non-hydrogen) atoms. The van der Waals surface area contributed by atoms with E-state index in [1.807, 2.05) is 54.9 Å². The molecule has 1 aromatic heterocycles. The highest BCUT2D eigenvalue weighted by Crippen LogP contribution is 2.14. The third-order valence-electron chi connectivity index (χ3n) is 4.22. The highest BCUT2D eigenvalue weighted by atomic mass is 35.5. The third kappa shape index (κ3) is 6.83. The Morgan fingerprint density at radius 3 is 2.48 bits per heavy atom. The van der Waals surface area contributed by atoms with E-state index < -0.39 is 5.91 Å². The Balaban J connectivity index is 2.02. The number of aryl methyl sites for hydroxylation is 1. The lowest BCUT2D eigenvalue weighted by Gasteiger charge is -2.22. The Kier molecular flexibility index (Phi) is 8.09. The molecule has 1 heterocycles. The van der Waals surface area contributed by atoms with Gasteiger partial charge >= 0.3 is 0 Å². The number of primary amides is 1. The van der Waals surface area contributed by atoms with E-state index in [2.05, 4.69) is 15.6 Å². The van der Waals surface area contributed by atoms with E-state index in [0.29, 0.717) is 23.7 Å². The van der Waals surface area contributed by atoms with Crippen molar-refractivity contribution in [1.82, 2.24) is 20.1 Å². The van der Waals surface area contributed by atoms with E-state index in [4.69, 9.17) is 17.3 Å². The maximum Gasteiger partial charge on any atom is 0.251 e. The third-order valence-corrected chi connectivity index (χ3v) is 4.43. The Labute approximate surface area is 175 Å². The molecule has 2 aromatic rings. The second-order valence-corrected chi connectivity index (χ2v) is 7.07. The van der Waals surface area contributed by atoms with Crippen molar-refractivity contribution < 1.29 is 9.59 Å². The lowest BCUT2D eigenvalue weighted by molar-refractivity contribution is -0.117. The molecule has 0 radical (unpaired) electrons. The summed E-state index contributed by atoms with van der Waals surface area (Å²) < 4.78 is 1.99. The van der Waals surface area contributed by atoms with E-state index in [9.17, 15) is 9.59 Å². The average molecular weight is 419 g/mol. The molecular weight excluding hydrogens is 392 g/mol. The first kappa shape index (κ1) is 22.3. The molecule has 9 heteroatoms. The number of nitrogens with zero attached hydrogens (tertiary/aromatic N) is 3. The molecule has 2 amide bonds. The van der Waals surface area contributed by atoms with Crippen LogP contribution in [0.5, 0.6) is 0 Å². The SMILES string of the molecule is CCNC(=NCc1ccc(C(=O)NCC(N)=O)cc1)N(C)Cc1cc(Cl)cn1C. The predicted octanol–water partition coefficient (Wildman–Crippen LogP) is 1.49. The van der Waals surface area contributed by atoms with Crippen molar-refractivity contribution in [3.8, 4) is 0 Å². The number of benzene rings is 1. The summed E-state index contributed by atoms with van der Waals surface area (Å²) in [4.78, 5) is 29.4. The van der Waals surface area contributed by atoms with Crippen LogP contribution in [0.3, 0.4) is 0 Å². The number of hydrogen-bond acceptors (Lipinski definition) is 3. The molecule has 2 rings (SSSR count). The summed E-state index contributed by atoms with van der Waals surface area (Å²) in [6.07, 6.45) is 1.87. The first-order valence-electron chi connectivity index (χ1n) is 9.25. The summed E-state index contributed by atoms with van der Waals surface area (Å²) in [5, 5.41) is 6.45. The van der Waals surface area contributed by atoms with Gasteiger partial charge in [0.2, 0.25) is 5.91 Å². The van der Waals surface area contributed by atoms with Crippen molar-refractivity contribution in [3.63, 3.8) is 0 Å². The standard InChI is InChI=1S/C20H27ClN6O2/c1-4-23-20(27(3)13-17-9-16(21)12-26(17)2)25-10-14-5-7-15(8-6-14)19(29)24-11-18(22)28/h5-9,12H,4,10-11,13H2,1-3H3,(H2,22,28)(H,23,25)(H,24,29). The van der Waals surface area contributed by atoms with Gasteiger partial charge in [-0.25, -0.2) is 4.99 Å².